The fraction of sp³-hybridized carbons (Fsp3) is 0.333. The number of para-hydroxylation sites is 1. The molecule has 0 radical (unpaired) electrons. The molecule has 0 spiro atoms. The molecule has 2 aromatic rings. The Morgan fingerprint density at radius 2 is 2.07 bits per heavy atom. The van der Waals surface area contributed by atoms with Crippen molar-refractivity contribution in [1.82, 2.24) is 4.90 Å². The van der Waals surface area contributed by atoms with Crippen LogP contribution in [0.15, 0.2) is 34.7 Å². The third-order valence-corrected chi connectivity index (χ3v) is 2.62. The Hall–Kier alpha value is -1.32. The maximum atomic E-state index is 5.76. The number of fused-ring (bicyclic) bond motifs is 1. The Balaban J connectivity index is 2.43. The lowest BCUT2D eigenvalue weighted by Crippen LogP contribution is -2.26. The molecule has 3 heteroatoms. The number of nitrogens with zero attached hydrogens (tertiary/aromatic N) is 1. The van der Waals surface area contributed by atoms with E-state index < -0.39 is 0 Å². The van der Waals surface area contributed by atoms with Gasteiger partial charge in [-0.1, -0.05) is 18.2 Å². The number of hydrogen-bond acceptors (Lipinski definition) is 3. The Labute approximate surface area is 89.5 Å². The molecule has 0 aliphatic heterocycles. The summed E-state index contributed by atoms with van der Waals surface area (Å²) in [5.41, 5.74) is 6.65. The first-order valence-corrected chi connectivity index (χ1v) is 5.07. The van der Waals surface area contributed by atoms with Gasteiger partial charge in [0.1, 0.15) is 11.3 Å². The van der Waals surface area contributed by atoms with Crippen LogP contribution >= 0.6 is 0 Å². The van der Waals surface area contributed by atoms with Crippen molar-refractivity contribution in [3.05, 3.63) is 36.1 Å². The minimum atomic E-state index is 0.150. The van der Waals surface area contributed by atoms with Gasteiger partial charge in [0, 0.05) is 11.9 Å². The Bertz CT molecular complexity index is 415. The second-order valence-corrected chi connectivity index (χ2v) is 3.90. The highest BCUT2D eigenvalue weighted by Crippen LogP contribution is 2.25. The van der Waals surface area contributed by atoms with Crippen LogP contribution in [0.4, 0.5) is 0 Å². The normalized spacial score (nSPS) is 13.6. The van der Waals surface area contributed by atoms with Gasteiger partial charge in [-0.15, -0.1) is 0 Å². The summed E-state index contributed by atoms with van der Waals surface area (Å²) in [7, 11) is 4.01. The van der Waals surface area contributed by atoms with E-state index in [1.807, 2.05) is 38.4 Å². The molecule has 3 nitrogen and oxygen atoms in total. The van der Waals surface area contributed by atoms with E-state index in [0.29, 0.717) is 6.54 Å². The van der Waals surface area contributed by atoms with E-state index in [-0.39, 0.29) is 6.04 Å². The molecule has 0 fully saturated rings. The summed E-state index contributed by atoms with van der Waals surface area (Å²) < 4.78 is 5.76. The van der Waals surface area contributed by atoms with Gasteiger partial charge in [-0.2, -0.15) is 0 Å². The molecule has 0 bridgehead atoms. The summed E-state index contributed by atoms with van der Waals surface area (Å²) in [6, 6.07) is 10.2. The number of likely N-dealkylation sites (N-methyl/N-ethyl adjacent to an activating group) is 1. The number of nitrogens with two attached hydrogens (primary N) is 1. The van der Waals surface area contributed by atoms with E-state index in [2.05, 4.69) is 11.0 Å². The van der Waals surface area contributed by atoms with Crippen LogP contribution in [0, 0.1) is 0 Å². The van der Waals surface area contributed by atoms with Crippen LogP contribution in [0.3, 0.4) is 0 Å². The van der Waals surface area contributed by atoms with Crippen molar-refractivity contribution in [3.63, 3.8) is 0 Å². The summed E-state index contributed by atoms with van der Waals surface area (Å²) in [6.45, 7) is 0.562. The first-order valence-electron chi connectivity index (χ1n) is 5.07. The third-order valence-electron chi connectivity index (χ3n) is 2.62. The van der Waals surface area contributed by atoms with Crippen LogP contribution in [0.1, 0.15) is 11.8 Å². The highest BCUT2D eigenvalue weighted by molar-refractivity contribution is 5.77. The molecule has 0 saturated carbocycles. The number of benzene rings is 1. The third kappa shape index (κ3) is 1.89. The molecule has 15 heavy (non-hydrogen) atoms. The van der Waals surface area contributed by atoms with Crippen molar-refractivity contribution < 1.29 is 4.42 Å². The highest BCUT2D eigenvalue weighted by atomic mass is 16.3. The molecule has 0 saturated heterocycles. The van der Waals surface area contributed by atoms with Crippen molar-refractivity contribution >= 4 is 11.0 Å². The molecule has 1 unspecified atom stereocenters. The lowest BCUT2D eigenvalue weighted by Gasteiger charge is -2.19. The van der Waals surface area contributed by atoms with E-state index in [9.17, 15) is 0 Å². The van der Waals surface area contributed by atoms with Gasteiger partial charge in [0.2, 0.25) is 0 Å². The molecule has 1 aromatic carbocycles. The molecule has 2 rings (SSSR count). The number of furan rings is 1. The fourth-order valence-electron chi connectivity index (χ4n) is 1.75. The average Bonchev–Trinajstić information content (AvgIpc) is 2.61. The Morgan fingerprint density at radius 1 is 1.33 bits per heavy atom. The number of hydrogen-bond donors (Lipinski definition) is 1. The maximum absolute atomic E-state index is 5.76. The summed E-state index contributed by atoms with van der Waals surface area (Å²) in [6.07, 6.45) is 0. The van der Waals surface area contributed by atoms with Gasteiger partial charge in [-0.3, -0.25) is 4.90 Å². The van der Waals surface area contributed by atoms with Crippen LogP contribution in [0.25, 0.3) is 11.0 Å². The molecular weight excluding hydrogens is 188 g/mol. The van der Waals surface area contributed by atoms with Gasteiger partial charge in [0.15, 0.2) is 0 Å². The van der Waals surface area contributed by atoms with Gasteiger partial charge < -0.3 is 10.2 Å². The Morgan fingerprint density at radius 3 is 2.67 bits per heavy atom. The summed E-state index contributed by atoms with van der Waals surface area (Å²) >= 11 is 0. The predicted molar refractivity (Wildman–Crippen MR) is 61.7 cm³/mol. The molecule has 1 aromatic heterocycles. The molecule has 1 heterocycles. The summed E-state index contributed by atoms with van der Waals surface area (Å²) in [5, 5.41) is 1.13. The van der Waals surface area contributed by atoms with Gasteiger partial charge in [-0.05, 0) is 26.2 Å². The van der Waals surface area contributed by atoms with Crippen LogP contribution in [-0.4, -0.2) is 25.5 Å². The Kier molecular flexibility index (Phi) is 2.75. The minimum absolute atomic E-state index is 0.150. The maximum Gasteiger partial charge on any atom is 0.134 e. The number of rotatable bonds is 3. The van der Waals surface area contributed by atoms with Crippen molar-refractivity contribution in [2.75, 3.05) is 20.6 Å². The van der Waals surface area contributed by atoms with Crippen molar-refractivity contribution in [3.8, 4) is 0 Å². The lowest BCUT2D eigenvalue weighted by molar-refractivity contribution is 0.269. The second-order valence-electron chi connectivity index (χ2n) is 3.90. The van der Waals surface area contributed by atoms with Crippen LogP contribution in [0.5, 0.6) is 0 Å². The molecule has 0 aliphatic carbocycles. The molecular formula is C12H16N2O. The van der Waals surface area contributed by atoms with E-state index in [1.54, 1.807) is 0 Å². The smallest absolute Gasteiger partial charge is 0.134 e. The molecule has 2 N–H and O–H groups in total. The zero-order valence-corrected chi connectivity index (χ0v) is 9.10. The van der Waals surface area contributed by atoms with Gasteiger partial charge in [0.05, 0.1) is 6.04 Å². The molecule has 1 atom stereocenters. The second kappa shape index (κ2) is 4.04. The first-order chi connectivity index (χ1) is 7.22. The molecule has 80 valence electrons. The zero-order chi connectivity index (χ0) is 10.8. The summed E-state index contributed by atoms with van der Waals surface area (Å²) in [5.74, 6) is 0.934. The van der Waals surface area contributed by atoms with Gasteiger partial charge >= 0.3 is 0 Å². The van der Waals surface area contributed by atoms with Gasteiger partial charge in [-0.25, -0.2) is 0 Å². The molecule has 0 aliphatic rings. The predicted octanol–water partition coefficient (Wildman–Crippen LogP) is 1.99. The van der Waals surface area contributed by atoms with Crippen LogP contribution in [-0.2, 0) is 0 Å². The van der Waals surface area contributed by atoms with Crippen molar-refractivity contribution in [1.29, 1.82) is 0 Å². The SMILES string of the molecule is CN(C)C(CN)c1cc2ccccc2o1. The highest BCUT2D eigenvalue weighted by Gasteiger charge is 2.16. The lowest BCUT2D eigenvalue weighted by atomic mass is 10.2. The van der Waals surface area contributed by atoms with E-state index >= 15 is 0 Å². The monoisotopic (exact) mass is 204 g/mol. The quantitative estimate of drug-likeness (QED) is 0.831. The van der Waals surface area contributed by atoms with Crippen molar-refractivity contribution in [2.45, 2.75) is 6.04 Å². The van der Waals surface area contributed by atoms with Crippen LogP contribution in [0.2, 0.25) is 0 Å². The topological polar surface area (TPSA) is 42.4 Å². The average molecular weight is 204 g/mol. The first kappa shape index (κ1) is 10.2. The zero-order valence-electron chi connectivity index (χ0n) is 9.10. The molecule has 0 amide bonds. The fourth-order valence-corrected chi connectivity index (χ4v) is 1.75. The minimum Gasteiger partial charge on any atom is -0.459 e. The summed E-state index contributed by atoms with van der Waals surface area (Å²) in [4.78, 5) is 2.07. The van der Waals surface area contributed by atoms with Gasteiger partial charge in [0.25, 0.3) is 0 Å². The van der Waals surface area contributed by atoms with E-state index in [4.69, 9.17) is 10.2 Å². The standard InChI is InChI=1S/C12H16N2O/c1-14(2)10(8-13)12-7-9-5-3-4-6-11(9)15-12/h3-7,10H,8,13H2,1-2H3. The largest absolute Gasteiger partial charge is 0.459 e. The van der Waals surface area contributed by atoms with Crippen molar-refractivity contribution in [2.24, 2.45) is 5.73 Å². The van der Waals surface area contributed by atoms with E-state index in [1.165, 1.54) is 0 Å². The van der Waals surface area contributed by atoms with E-state index in [0.717, 1.165) is 16.7 Å². The van der Waals surface area contributed by atoms with Crippen LogP contribution < -0.4 is 5.73 Å².